The molecule has 0 unspecified atom stereocenters. The highest BCUT2D eigenvalue weighted by Gasteiger charge is 2.13. The van der Waals surface area contributed by atoms with Crippen molar-refractivity contribution in [3.05, 3.63) is 0 Å². The average molecular weight is 315 g/mol. The normalized spacial score (nSPS) is 17.0. The molecule has 0 atom stereocenters. The van der Waals surface area contributed by atoms with E-state index in [0.29, 0.717) is 13.1 Å². The van der Waals surface area contributed by atoms with Gasteiger partial charge in [-0.2, -0.15) is 0 Å². The molecule has 0 bridgehead atoms. The molecule has 1 saturated heterocycles. The van der Waals surface area contributed by atoms with Crippen molar-refractivity contribution in [1.82, 2.24) is 14.7 Å². The Bertz CT molecular complexity index is 326. The number of piperazine rings is 1. The summed E-state index contributed by atoms with van der Waals surface area (Å²) >= 11 is 0. The molecule has 0 spiro atoms. The monoisotopic (exact) mass is 315 g/mol. The minimum Gasteiger partial charge on any atom is -0.481 e. The van der Waals surface area contributed by atoms with Crippen molar-refractivity contribution in [2.24, 2.45) is 0 Å². The van der Waals surface area contributed by atoms with Gasteiger partial charge in [0, 0.05) is 39.3 Å². The number of hydrogen-bond donors (Lipinski definition) is 2. The van der Waals surface area contributed by atoms with Gasteiger partial charge in [0.25, 0.3) is 0 Å². The molecular weight excluding hydrogens is 286 g/mol. The van der Waals surface area contributed by atoms with Gasteiger partial charge in [-0.15, -0.1) is 0 Å². The number of aliphatic carboxylic acids is 2. The molecule has 1 aliphatic heterocycles. The van der Waals surface area contributed by atoms with E-state index in [9.17, 15) is 9.59 Å². The van der Waals surface area contributed by atoms with E-state index in [1.54, 1.807) is 0 Å². The highest BCUT2D eigenvalue weighted by atomic mass is 16.4. The third kappa shape index (κ3) is 8.96. The van der Waals surface area contributed by atoms with Crippen molar-refractivity contribution in [2.45, 2.75) is 25.7 Å². The lowest BCUT2D eigenvalue weighted by atomic mass is 10.2. The van der Waals surface area contributed by atoms with E-state index in [1.165, 1.54) is 0 Å². The van der Waals surface area contributed by atoms with Crippen molar-refractivity contribution in [3.63, 3.8) is 0 Å². The average Bonchev–Trinajstić information content (AvgIpc) is 2.47. The molecule has 0 aromatic heterocycles. The zero-order valence-corrected chi connectivity index (χ0v) is 13.5. The largest absolute Gasteiger partial charge is 0.481 e. The first-order valence-corrected chi connectivity index (χ1v) is 8.04. The Morgan fingerprint density at radius 2 is 1.45 bits per heavy atom. The maximum absolute atomic E-state index is 10.7. The van der Waals surface area contributed by atoms with Gasteiger partial charge >= 0.3 is 11.9 Å². The van der Waals surface area contributed by atoms with Gasteiger partial charge in [0.15, 0.2) is 0 Å². The van der Waals surface area contributed by atoms with E-state index < -0.39 is 11.9 Å². The van der Waals surface area contributed by atoms with Crippen molar-refractivity contribution < 1.29 is 19.8 Å². The zero-order valence-electron chi connectivity index (χ0n) is 13.5. The van der Waals surface area contributed by atoms with Gasteiger partial charge < -0.3 is 24.9 Å². The third-order valence-electron chi connectivity index (χ3n) is 4.08. The minimum atomic E-state index is -0.835. The molecule has 0 aromatic carbocycles. The highest BCUT2D eigenvalue weighted by Crippen LogP contribution is 2.04. The molecule has 1 fully saturated rings. The molecule has 7 nitrogen and oxygen atoms in total. The van der Waals surface area contributed by atoms with Crippen LogP contribution < -0.4 is 0 Å². The summed E-state index contributed by atoms with van der Waals surface area (Å²) in [5.41, 5.74) is 0. The number of likely N-dealkylation sites (N-methyl/N-ethyl adjacent to an activating group) is 1. The number of nitrogens with zero attached hydrogens (tertiary/aromatic N) is 3. The van der Waals surface area contributed by atoms with E-state index in [4.69, 9.17) is 10.2 Å². The molecule has 0 radical (unpaired) electrons. The van der Waals surface area contributed by atoms with Crippen molar-refractivity contribution in [3.8, 4) is 0 Å². The fourth-order valence-corrected chi connectivity index (χ4v) is 2.59. The first-order chi connectivity index (χ1) is 10.5. The summed E-state index contributed by atoms with van der Waals surface area (Å²) in [6, 6.07) is 0. The number of rotatable bonds is 11. The molecular formula is C15H29N3O4. The number of hydrogen-bond acceptors (Lipinski definition) is 5. The van der Waals surface area contributed by atoms with Gasteiger partial charge in [0.1, 0.15) is 0 Å². The van der Waals surface area contributed by atoms with Crippen LogP contribution in [0, 0.1) is 0 Å². The van der Waals surface area contributed by atoms with Crippen LogP contribution in [-0.4, -0.2) is 96.3 Å². The molecule has 0 aromatic rings. The van der Waals surface area contributed by atoms with Crippen LogP contribution in [0.2, 0.25) is 0 Å². The number of unbranched alkanes of at least 4 members (excludes halogenated alkanes) is 1. The molecule has 128 valence electrons. The van der Waals surface area contributed by atoms with Gasteiger partial charge in [-0.3, -0.25) is 9.59 Å². The molecule has 1 rings (SSSR count). The fraction of sp³-hybridized carbons (Fsp3) is 0.867. The first kappa shape index (κ1) is 18.9. The molecule has 1 heterocycles. The lowest BCUT2D eigenvalue weighted by Gasteiger charge is -2.32. The number of carboxylic acids is 2. The fourth-order valence-electron chi connectivity index (χ4n) is 2.59. The van der Waals surface area contributed by atoms with Crippen LogP contribution in [0.1, 0.15) is 25.7 Å². The summed E-state index contributed by atoms with van der Waals surface area (Å²) < 4.78 is 0. The van der Waals surface area contributed by atoms with Crippen molar-refractivity contribution in [1.29, 1.82) is 0 Å². The van der Waals surface area contributed by atoms with Crippen LogP contribution >= 0.6 is 0 Å². The van der Waals surface area contributed by atoms with E-state index in [0.717, 1.165) is 52.1 Å². The smallest absolute Gasteiger partial charge is 0.304 e. The Balaban J connectivity index is 2.17. The maximum Gasteiger partial charge on any atom is 0.304 e. The maximum atomic E-state index is 10.7. The van der Waals surface area contributed by atoms with Crippen molar-refractivity contribution >= 4 is 11.9 Å². The van der Waals surface area contributed by atoms with Crippen LogP contribution in [0.15, 0.2) is 0 Å². The lowest BCUT2D eigenvalue weighted by molar-refractivity contribution is -0.137. The Hall–Kier alpha value is -1.18. The standard InChI is InChI=1S/C15H29N3O4/c1-16-10-12-18(13-11-16)7-3-2-6-17(8-4-14(19)20)9-5-15(21)22/h2-13H2,1H3,(H,19,20)(H,21,22). The lowest BCUT2D eigenvalue weighted by Crippen LogP contribution is -2.44. The van der Waals surface area contributed by atoms with Crippen molar-refractivity contribution in [2.75, 3.05) is 59.4 Å². The Morgan fingerprint density at radius 3 is 1.95 bits per heavy atom. The van der Waals surface area contributed by atoms with Crippen LogP contribution in [0.4, 0.5) is 0 Å². The van der Waals surface area contributed by atoms with E-state index in [2.05, 4.69) is 16.8 Å². The molecule has 2 N–H and O–H groups in total. The molecule has 0 saturated carbocycles. The summed E-state index contributed by atoms with van der Waals surface area (Å²) in [5, 5.41) is 17.5. The second-order valence-electron chi connectivity index (χ2n) is 5.98. The van der Waals surface area contributed by atoms with Crippen LogP contribution in [0.3, 0.4) is 0 Å². The quantitative estimate of drug-likeness (QED) is 0.529. The number of carboxylic acid groups (broad SMARTS) is 2. The predicted molar refractivity (Wildman–Crippen MR) is 84.1 cm³/mol. The minimum absolute atomic E-state index is 0.0675. The van der Waals surface area contributed by atoms with Crippen LogP contribution in [-0.2, 0) is 9.59 Å². The molecule has 7 heteroatoms. The van der Waals surface area contributed by atoms with E-state index >= 15 is 0 Å². The first-order valence-electron chi connectivity index (χ1n) is 8.04. The van der Waals surface area contributed by atoms with Gasteiger partial charge in [-0.1, -0.05) is 0 Å². The van der Waals surface area contributed by atoms with Gasteiger partial charge in [-0.25, -0.2) is 0 Å². The zero-order chi connectivity index (χ0) is 16.4. The van der Waals surface area contributed by atoms with Gasteiger partial charge in [-0.05, 0) is 33.0 Å². The molecule has 0 aliphatic carbocycles. The molecule has 0 amide bonds. The summed E-state index contributed by atoms with van der Waals surface area (Å²) in [7, 11) is 2.14. The molecule has 1 aliphatic rings. The summed E-state index contributed by atoms with van der Waals surface area (Å²) in [6.45, 7) is 7.14. The van der Waals surface area contributed by atoms with Gasteiger partial charge in [0.2, 0.25) is 0 Å². The topological polar surface area (TPSA) is 84.3 Å². The Morgan fingerprint density at radius 1 is 0.909 bits per heavy atom. The third-order valence-corrected chi connectivity index (χ3v) is 4.08. The van der Waals surface area contributed by atoms with E-state index in [-0.39, 0.29) is 12.8 Å². The second-order valence-corrected chi connectivity index (χ2v) is 5.98. The summed E-state index contributed by atoms with van der Waals surface area (Å²) in [5.74, 6) is -1.67. The predicted octanol–water partition coefficient (Wildman–Crippen LogP) is 0.265. The van der Waals surface area contributed by atoms with Gasteiger partial charge in [0.05, 0.1) is 12.8 Å². The summed E-state index contributed by atoms with van der Waals surface area (Å²) in [6.07, 6.45) is 2.18. The second kappa shape index (κ2) is 10.5. The molecule has 22 heavy (non-hydrogen) atoms. The highest BCUT2D eigenvalue weighted by molar-refractivity contribution is 5.67. The van der Waals surface area contributed by atoms with E-state index in [1.807, 2.05) is 4.90 Å². The SMILES string of the molecule is CN1CCN(CCCCN(CCC(=O)O)CCC(=O)O)CC1. The number of carbonyl (C=O) groups is 2. The van der Waals surface area contributed by atoms with Crippen LogP contribution in [0.5, 0.6) is 0 Å². The Labute approximate surface area is 132 Å². The summed E-state index contributed by atoms with van der Waals surface area (Å²) in [4.78, 5) is 28.0. The Kier molecular flexibility index (Phi) is 9.03. The van der Waals surface area contributed by atoms with Crippen LogP contribution in [0.25, 0.3) is 0 Å².